The number of nitrogens with zero attached hydrogens (tertiary/aromatic N) is 5. The van der Waals surface area contributed by atoms with E-state index in [1.165, 1.54) is 18.3 Å². The number of carbonyl (C=O) groups is 3. The zero-order valence-electron chi connectivity index (χ0n) is 25.8. The Bertz CT molecular complexity index is 2240. The Morgan fingerprint density at radius 3 is 2.39 bits per heavy atom. The van der Waals surface area contributed by atoms with Gasteiger partial charge in [0.05, 0.1) is 10.3 Å². The number of hydrogen-bond donors (Lipinski definition) is 3. The van der Waals surface area contributed by atoms with Crippen molar-refractivity contribution in [3.05, 3.63) is 103 Å². The minimum absolute atomic E-state index is 0.0794. The van der Waals surface area contributed by atoms with Crippen molar-refractivity contribution in [2.75, 3.05) is 28.6 Å². The van der Waals surface area contributed by atoms with E-state index in [4.69, 9.17) is 12.2 Å². The zero-order valence-corrected chi connectivity index (χ0v) is 28.2. The molecule has 0 spiro atoms. The van der Waals surface area contributed by atoms with Gasteiger partial charge in [-0.05, 0) is 73.1 Å². The van der Waals surface area contributed by atoms with Crippen LogP contribution in [0.25, 0.3) is 17.8 Å². The molecule has 2 aromatic heterocycles. The van der Waals surface area contributed by atoms with Gasteiger partial charge in [-0.3, -0.25) is 33.2 Å². The Balaban J connectivity index is 1.60. The third-order valence-corrected chi connectivity index (χ3v) is 9.63. The summed E-state index contributed by atoms with van der Waals surface area (Å²) in [6, 6.07) is 12.3. The second kappa shape index (κ2) is 14.5. The number of aromatic nitrogens is 2. The van der Waals surface area contributed by atoms with Crippen molar-refractivity contribution in [2.24, 2.45) is 0 Å². The van der Waals surface area contributed by atoms with Gasteiger partial charge < -0.3 is 15.1 Å². The molecule has 3 N–H and O–H groups in total. The van der Waals surface area contributed by atoms with E-state index in [0.717, 1.165) is 37.0 Å². The van der Waals surface area contributed by atoms with Gasteiger partial charge in [0, 0.05) is 24.1 Å². The summed E-state index contributed by atoms with van der Waals surface area (Å²) < 4.78 is 32.8. The summed E-state index contributed by atoms with van der Waals surface area (Å²) in [6.07, 6.45) is 10.3. The van der Waals surface area contributed by atoms with Gasteiger partial charge in [0.15, 0.2) is 5.11 Å². The number of anilines is 2. The molecule has 17 heteroatoms. The summed E-state index contributed by atoms with van der Waals surface area (Å²) >= 11 is 6.28. The quantitative estimate of drug-likeness (QED) is 0.191. The molecule has 2 aliphatic rings. The van der Waals surface area contributed by atoms with Crippen LogP contribution in [-0.2, 0) is 31.0 Å². The molecule has 1 saturated heterocycles. The third kappa shape index (κ3) is 7.92. The number of amides is 1. The van der Waals surface area contributed by atoms with E-state index in [1.54, 1.807) is 31.2 Å². The summed E-state index contributed by atoms with van der Waals surface area (Å²) in [7, 11) is -4.15. The molecule has 2 aliphatic heterocycles. The lowest BCUT2D eigenvalue weighted by Crippen LogP contribution is -2.38. The number of thiocarbonyl (C=S) groups is 1. The van der Waals surface area contributed by atoms with Gasteiger partial charge in [0.1, 0.15) is 29.3 Å². The lowest BCUT2D eigenvalue weighted by atomic mass is 10.0. The molecule has 49 heavy (non-hydrogen) atoms. The van der Waals surface area contributed by atoms with Crippen LogP contribution in [0.4, 0.5) is 11.5 Å². The lowest BCUT2D eigenvalue weighted by molar-refractivity contribution is -0.138. The highest BCUT2D eigenvalue weighted by Crippen LogP contribution is 2.31. The molecule has 1 amide bonds. The molecule has 0 radical (unpaired) electrons. The smallest absolute Gasteiger partial charge is 0.323 e. The molecule has 0 atom stereocenters. The number of pyridine rings is 1. The van der Waals surface area contributed by atoms with Gasteiger partial charge in [-0.15, -0.1) is 11.3 Å². The Morgan fingerprint density at radius 2 is 1.71 bits per heavy atom. The van der Waals surface area contributed by atoms with Crippen LogP contribution in [-0.4, -0.2) is 79.4 Å². The number of benzene rings is 1. The van der Waals surface area contributed by atoms with Crippen LogP contribution in [0.3, 0.4) is 0 Å². The number of carboxylic acid groups (broad SMARTS) is 2. The van der Waals surface area contributed by atoms with Gasteiger partial charge >= 0.3 is 11.9 Å². The van der Waals surface area contributed by atoms with Crippen molar-refractivity contribution < 1.29 is 37.6 Å². The van der Waals surface area contributed by atoms with Crippen LogP contribution < -0.4 is 24.6 Å². The number of fused-ring (bicyclic) bond motifs is 1. The average Bonchev–Trinajstić information content (AvgIpc) is 3.45. The number of rotatable bonds is 11. The molecule has 4 heterocycles. The van der Waals surface area contributed by atoms with Crippen molar-refractivity contribution in [3.8, 4) is 0 Å². The second-order valence-corrected chi connectivity index (χ2v) is 13.8. The van der Waals surface area contributed by atoms with Gasteiger partial charge in [-0.25, -0.2) is 9.88 Å². The van der Waals surface area contributed by atoms with Crippen LogP contribution in [0.15, 0.2) is 83.0 Å². The Hall–Kier alpha value is -5.23. The highest BCUT2D eigenvalue weighted by atomic mass is 32.2. The predicted molar refractivity (Wildman–Crippen MR) is 188 cm³/mol. The van der Waals surface area contributed by atoms with E-state index in [2.05, 4.69) is 4.98 Å². The number of thiazole rings is 1. The maximum absolute atomic E-state index is 13.8. The van der Waals surface area contributed by atoms with Gasteiger partial charge in [-0.1, -0.05) is 36.4 Å². The standard InChI is InChI=1S/C32H29N5O9S3/c1-20(10-12-22-13-11-21-7-2-3-8-23(21)34(22)15-6-16-49(44,45)46)17-24-29(42)36(19-27(40)41)31(48-24)28-30(43)37(25-9-4-5-14-33-25)32(47)35(28)18-26(38)39/h2-5,7-14,17H,6,15-16,18-19H2,1H3,(H,38,39)(H,40,41)(H,44,45,46)/b20-10?,22-12?,24-17?,31-28+. The number of carboxylic acids is 2. The first-order valence-corrected chi connectivity index (χ1v) is 17.4. The van der Waals surface area contributed by atoms with Crippen molar-refractivity contribution in [1.82, 2.24) is 14.5 Å². The molecule has 14 nitrogen and oxygen atoms in total. The van der Waals surface area contributed by atoms with Crippen LogP contribution in [0.5, 0.6) is 0 Å². The van der Waals surface area contributed by atoms with Crippen molar-refractivity contribution in [3.63, 3.8) is 0 Å². The molecule has 0 aliphatic carbocycles. The maximum atomic E-state index is 13.8. The molecular weight excluding hydrogens is 695 g/mol. The fourth-order valence-corrected chi connectivity index (χ4v) is 7.25. The monoisotopic (exact) mass is 723 g/mol. The van der Waals surface area contributed by atoms with Crippen molar-refractivity contribution >= 4 is 86.0 Å². The first kappa shape index (κ1) is 35.1. The summed E-state index contributed by atoms with van der Waals surface area (Å²) in [6.45, 7) is 0.463. The molecule has 0 unspecified atom stereocenters. The Morgan fingerprint density at radius 1 is 1.00 bits per heavy atom. The maximum Gasteiger partial charge on any atom is 0.323 e. The fourth-order valence-electron chi connectivity index (χ4n) is 5.23. The first-order chi connectivity index (χ1) is 23.2. The number of allylic oxidation sites excluding steroid dienone is 4. The van der Waals surface area contributed by atoms with Crippen LogP contribution >= 0.6 is 23.6 Å². The largest absolute Gasteiger partial charge is 0.480 e. The van der Waals surface area contributed by atoms with E-state index >= 15 is 0 Å². The number of carbonyl (C=O) groups excluding carboxylic acids is 1. The molecule has 1 aromatic carbocycles. The Labute approximate surface area is 288 Å². The molecule has 254 valence electrons. The molecular formula is C32H29N5O9S3. The third-order valence-electron chi connectivity index (χ3n) is 7.31. The first-order valence-electron chi connectivity index (χ1n) is 14.6. The topological polar surface area (TPSA) is 191 Å². The van der Waals surface area contributed by atoms with Gasteiger partial charge in [0.25, 0.3) is 21.6 Å². The van der Waals surface area contributed by atoms with Crippen LogP contribution in [0.2, 0.25) is 0 Å². The normalized spacial score (nSPS) is 17.3. The van der Waals surface area contributed by atoms with E-state index in [1.807, 2.05) is 41.3 Å². The fraction of sp³-hybridized carbons (Fsp3) is 0.188. The number of aliphatic carboxylic acids is 2. The van der Waals surface area contributed by atoms with E-state index in [0.29, 0.717) is 11.3 Å². The average molecular weight is 724 g/mol. The number of hydrogen-bond acceptors (Lipinski definition) is 10. The molecule has 1 fully saturated rings. The minimum Gasteiger partial charge on any atom is -0.480 e. The van der Waals surface area contributed by atoms with Crippen molar-refractivity contribution in [1.29, 1.82) is 0 Å². The zero-order chi connectivity index (χ0) is 35.5. The summed E-state index contributed by atoms with van der Waals surface area (Å²) in [5.41, 5.74) is 2.05. The molecule has 3 aromatic rings. The second-order valence-electron chi connectivity index (χ2n) is 10.8. The minimum atomic E-state index is -4.15. The number of para-hydroxylation sites is 1. The Kier molecular flexibility index (Phi) is 10.4. The lowest BCUT2D eigenvalue weighted by Gasteiger charge is -2.30. The highest BCUT2D eigenvalue weighted by molar-refractivity contribution is 7.85. The van der Waals surface area contributed by atoms with E-state index < -0.39 is 52.4 Å². The van der Waals surface area contributed by atoms with Crippen LogP contribution in [0.1, 0.15) is 18.9 Å². The summed E-state index contributed by atoms with van der Waals surface area (Å²) in [5.74, 6) is -3.74. The van der Waals surface area contributed by atoms with Gasteiger partial charge in [0.2, 0.25) is 0 Å². The SMILES string of the molecule is CC(=CC=C1C=Cc2ccccc2N1CCCS(=O)(=O)O)C=c1s/c(=C2\C(=O)N(c3ccccn3)C(=S)N2CC(=O)O)n(CC(=O)O)c1=O. The summed E-state index contributed by atoms with van der Waals surface area (Å²) in [5, 5.41) is 19.1. The van der Waals surface area contributed by atoms with E-state index in [9.17, 15) is 42.4 Å². The highest BCUT2D eigenvalue weighted by Gasteiger charge is 2.42. The van der Waals surface area contributed by atoms with Gasteiger partial charge in [-0.2, -0.15) is 8.42 Å². The molecule has 0 saturated carbocycles. The van der Waals surface area contributed by atoms with E-state index in [-0.39, 0.29) is 38.8 Å². The molecule has 0 bridgehead atoms. The van der Waals surface area contributed by atoms with Crippen molar-refractivity contribution in [2.45, 2.75) is 19.9 Å². The summed E-state index contributed by atoms with van der Waals surface area (Å²) in [4.78, 5) is 59.2. The molecule has 5 rings (SSSR count). The predicted octanol–water partition coefficient (Wildman–Crippen LogP) is 1.64. The van der Waals surface area contributed by atoms with Crippen LogP contribution in [0, 0.1) is 0 Å².